The number of pyridine rings is 1. The number of fused-ring (bicyclic) bond motifs is 2. The van der Waals surface area contributed by atoms with Crippen molar-refractivity contribution in [2.24, 2.45) is 0 Å². The first-order chi connectivity index (χ1) is 10.2. The molecule has 0 aliphatic carbocycles. The maximum Gasteiger partial charge on any atom is 0.203 e. The largest absolute Gasteiger partial charge is 0.493 e. The molecular weight excluding hydrogens is 332 g/mol. The van der Waals surface area contributed by atoms with Crippen LogP contribution < -0.4 is 10.5 Å². The predicted octanol–water partition coefficient (Wildman–Crippen LogP) is 3.15. The monoisotopic (exact) mass is 344 g/mol. The number of imidazole rings is 1. The lowest BCUT2D eigenvalue weighted by Gasteiger charge is -2.27. The number of rotatable bonds is 1. The van der Waals surface area contributed by atoms with Crippen LogP contribution in [0.1, 0.15) is 18.0 Å². The average molecular weight is 345 g/mol. The highest BCUT2D eigenvalue weighted by molar-refractivity contribution is 9.10. The normalized spacial score (nSPS) is 17.5. The van der Waals surface area contributed by atoms with Gasteiger partial charge in [0.1, 0.15) is 11.3 Å². The molecule has 2 N–H and O–H groups in total. The number of nitrogens with two attached hydrogens (primary N) is 1. The summed E-state index contributed by atoms with van der Waals surface area (Å²) in [5, 5.41) is 0. The first-order valence-corrected chi connectivity index (χ1v) is 7.54. The molecule has 6 heteroatoms. The Kier molecular flexibility index (Phi) is 2.85. The molecule has 21 heavy (non-hydrogen) atoms. The molecule has 0 bridgehead atoms. The molecule has 0 saturated heterocycles. The fourth-order valence-electron chi connectivity index (χ4n) is 2.87. The molecule has 5 nitrogen and oxygen atoms in total. The fraction of sp³-hybridized carbons (Fsp3) is 0.200. The molecular formula is C15H13BrN4O. The van der Waals surface area contributed by atoms with Gasteiger partial charge in [0.2, 0.25) is 5.95 Å². The van der Waals surface area contributed by atoms with Crippen molar-refractivity contribution in [2.45, 2.75) is 12.5 Å². The van der Waals surface area contributed by atoms with Gasteiger partial charge < -0.3 is 10.5 Å². The number of anilines is 1. The Morgan fingerprint density at radius 1 is 1.33 bits per heavy atom. The molecule has 1 aliphatic rings. The Hall–Kier alpha value is -2.08. The summed E-state index contributed by atoms with van der Waals surface area (Å²) in [4.78, 5) is 8.91. The Morgan fingerprint density at radius 2 is 2.19 bits per heavy atom. The third-order valence-electron chi connectivity index (χ3n) is 3.76. The molecule has 3 aromatic rings. The average Bonchev–Trinajstić information content (AvgIpc) is 2.81. The van der Waals surface area contributed by atoms with E-state index in [1.165, 1.54) is 0 Å². The van der Waals surface area contributed by atoms with E-state index in [0.29, 0.717) is 12.6 Å². The van der Waals surface area contributed by atoms with Crippen LogP contribution in [0.2, 0.25) is 0 Å². The number of benzene rings is 1. The van der Waals surface area contributed by atoms with Gasteiger partial charge in [0.05, 0.1) is 12.6 Å². The smallest absolute Gasteiger partial charge is 0.203 e. The molecule has 1 atom stereocenters. The third-order valence-corrected chi connectivity index (χ3v) is 4.20. The number of aromatic nitrogens is 3. The van der Waals surface area contributed by atoms with E-state index in [2.05, 4.69) is 32.0 Å². The second-order valence-electron chi connectivity index (χ2n) is 5.03. The minimum absolute atomic E-state index is 0.105. The van der Waals surface area contributed by atoms with Crippen LogP contribution in [0.15, 0.2) is 41.0 Å². The van der Waals surface area contributed by atoms with Gasteiger partial charge in [0.15, 0.2) is 5.65 Å². The van der Waals surface area contributed by atoms with E-state index in [1.807, 2.05) is 28.8 Å². The molecule has 4 rings (SSSR count). The number of halogens is 1. The second-order valence-corrected chi connectivity index (χ2v) is 5.94. The molecule has 0 saturated carbocycles. The van der Waals surface area contributed by atoms with E-state index < -0.39 is 0 Å². The van der Waals surface area contributed by atoms with Crippen LogP contribution in [0, 0.1) is 0 Å². The van der Waals surface area contributed by atoms with Gasteiger partial charge >= 0.3 is 0 Å². The maximum absolute atomic E-state index is 6.15. The molecule has 1 aliphatic heterocycles. The third kappa shape index (κ3) is 1.98. The number of para-hydroxylation sites is 1. The molecule has 1 unspecified atom stereocenters. The topological polar surface area (TPSA) is 66.0 Å². The fourth-order valence-corrected chi connectivity index (χ4v) is 3.19. The zero-order valence-corrected chi connectivity index (χ0v) is 12.7. The number of hydrogen-bond acceptors (Lipinski definition) is 4. The zero-order valence-electron chi connectivity index (χ0n) is 11.2. The van der Waals surface area contributed by atoms with Crippen LogP contribution in [0.3, 0.4) is 0 Å². The predicted molar refractivity (Wildman–Crippen MR) is 84.3 cm³/mol. The van der Waals surface area contributed by atoms with Crippen molar-refractivity contribution in [3.05, 3.63) is 46.6 Å². The SMILES string of the molecule is Nc1nc2cc(Br)cnc2n1C1CCOc2ccccc21. The molecule has 106 valence electrons. The van der Waals surface area contributed by atoms with E-state index in [1.54, 1.807) is 6.20 Å². The molecule has 1 aromatic carbocycles. The van der Waals surface area contributed by atoms with Crippen LogP contribution in [-0.2, 0) is 0 Å². The van der Waals surface area contributed by atoms with Gasteiger partial charge in [-0.2, -0.15) is 0 Å². The summed E-state index contributed by atoms with van der Waals surface area (Å²) < 4.78 is 8.62. The van der Waals surface area contributed by atoms with Crippen LogP contribution >= 0.6 is 15.9 Å². The summed E-state index contributed by atoms with van der Waals surface area (Å²) in [5.74, 6) is 1.39. The van der Waals surface area contributed by atoms with Crippen molar-refractivity contribution < 1.29 is 4.74 Å². The molecule has 2 aromatic heterocycles. The number of nitrogens with zero attached hydrogens (tertiary/aromatic N) is 3. The number of ether oxygens (including phenoxy) is 1. The van der Waals surface area contributed by atoms with Crippen molar-refractivity contribution in [3.8, 4) is 5.75 Å². The van der Waals surface area contributed by atoms with E-state index in [0.717, 1.165) is 33.4 Å². The van der Waals surface area contributed by atoms with Gasteiger partial charge in [-0.15, -0.1) is 0 Å². The van der Waals surface area contributed by atoms with Crippen molar-refractivity contribution in [1.82, 2.24) is 14.5 Å². The standard InChI is InChI=1S/C15H13BrN4O/c16-9-7-11-14(18-8-9)20(15(17)19-11)12-5-6-21-13-4-2-1-3-10(12)13/h1-4,7-8,12H,5-6H2,(H2,17,19). The summed E-state index contributed by atoms with van der Waals surface area (Å²) in [5.41, 5.74) is 8.87. The maximum atomic E-state index is 6.15. The van der Waals surface area contributed by atoms with Gasteiger partial charge in [-0.3, -0.25) is 4.57 Å². The van der Waals surface area contributed by atoms with Crippen LogP contribution in [0.25, 0.3) is 11.2 Å². The van der Waals surface area contributed by atoms with Crippen LogP contribution in [0.5, 0.6) is 5.75 Å². The Bertz CT molecular complexity index is 830. The lowest BCUT2D eigenvalue weighted by molar-refractivity contribution is 0.258. The highest BCUT2D eigenvalue weighted by Gasteiger charge is 2.26. The zero-order chi connectivity index (χ0) is 14.4. The lowest BCUT2D eigenvalue weighted by atomic mass is 10.0. The van der Waals surface area contributed by atoms with Gasteiger partial charge in [-0.25, -0.2) is 9.97 Å². The van der Waals surface area contributed by atoms with Crippen LogP contribution in [0.4, 0.5) is 5.95 Å². The molecule has 0 radical (unpaired) electrons. The summed E-state index contributed by atoms with van der Waals surface area (Å²) in [6, 6.07) is 10.1. The Balaban J connectivity index is 1.94. The molecule has 0 fully saturated rings. The minimum Gasteiger partial charge on any atom is -0.493 e. The summed E-state index contributed by atoms with van der Waals surface area (Å²) in [6.45, 7) is 0.664. The molecule has 0 spiro atoms. The quantitative estimate of drug-likeness (QED) is 0.736. The van der Waals surface area contributed by atoms with Gasteiger partial charge in [0.25, 0.3) is 0 Å². The first-order valence-electron chi connectivity index (χ1n) is 6.75. The molecule has 3 heterocycles. The Morgan fingerprint density at radius 3 is 3.10 bits per heavy atom. The summed E-state index contributed by atoms with van der Waals surface area (Å²) in [7, 11) is 0. The van der Waals surface area contributed by atoms with Gasteiger partial charge in [-0.05, 0) is 28.1 Å². The number of nitrogen functional groups attached to an aromatic ring is 1. The van der Waals surface area contributed by atoms with E-state index in [9.17, 15) is 0 Å². The van der Waals surface area contributed by atoms with Crippen molar-refractivity contribution in [3.63, 3.8) is 0 Å². The van der Waals surface area contributed by atoms with Gasteiger partial charge in [-0.1, -0.05) is 18.2 Å². The van der Waals surface area contributed by atoms with Crippen molar-refractivity contribution in [1.29, 1.82) is 0 Å². The van der Waals surface area contributed by atoms with E-state index in [4.69, 9.17) is 10.5 Å². The van der Waals surface area contributed by atoms with E-state index >= 15 is 0 Å². The second kappa shape index (κ2) is 4.73. The Labute approximate surface area is 129 Å². The van der Waals surface area contributed by atoms with Crippen molar-refractivity contribution >= 4 is 33.0 Å². The van der Waals surface area contributed by atoms with Crippen LogP contribution in [-0.4, -0.2) is 21.1 Å². The van der Waals surface area contributed by atoms with Gasteiger partial charge in [0, 0.05) is 22.7 Å². The van der Waals surface area contributed by atoms with E-state index in [-0.39, 0.29) is 6.04 Å². The van der Waals surface area contributed by atoms with Crippen molar-refractivity contribution in [2.75, 3.05) is 12.3 Å². The summed E-state index contributed by atoms with van der Waals surface area (Å²) >= 11 is 3.42. The minimum atomic E-state index is 0.105. The molecule has 0 amide bonds. The summed E-state index contributed by atoms with van der Waals surface area (Å²) in [6.07, 6.45) is 2.62. The highest BCUT2D eigenvalue weighted by Crippen LogP contribution is 2.37. The lowest BCUT2D eigenvalue weighted by Crippen LogP contribution is -2.21. The first kappa shape index (κ1) is 12.6. The number of hydrogen-bond donors (Lipinski definition) is 1. The highest BCUT2D eigenvalue weighted by atomic mass is 79.9.